The van der Waals surface area contributed by atoms with Gasteiger partial charge >= 0.3 is 5.97 Å². The minimum Gasteiger partial charge on any atom is -0.504 e. The molecule has 0 aliphatic rings. The summed E-state index contributed by atoms with van der Waals surface area (Å²) in [6.45, 7) is 0. The Morgan fingerprint density at radius 1 is 0.541 bits per heavy atom. The molecule has 0 radical (unpaired) electrons. The van der Waals surface area contributed by atoms with E-state index in [1.165, 1.54) is 21.5 Å². The number of phenolic OH excluding ortho intramolecular Hbond substituents is 3. The Labute approximate surface area is 229 Å². The fraction of sp³-hybridized carbons (Fsp3) is 0. The first-order valence-corrected chi connectivity index (χ1v) is 11.6. The number of benzene rings is 8. The Morgan fingerprint density at radius 2 is 0.946 bits per heavy atom. The number of esters is 1. The summed E-state index contributed by atoms with van der Waals surface area (Å²) in [4.78, 5) is 13.1. The first kappa shape index (κ1) is 22.1. The molecule has 5 nitrogen and oxygen atoms in total. The SMILES string of the molecule is O=C(Oc1cc2ccc3ccc4ccc5ccc6ccc1c1c6c5c4c3c21)c1cc(O)c(O)c(O)c1.[Cd]. The van der Waals surface area contributed by atoms with Crippen molar-refractivity contribution in [2.75, 3.05) is 0 Å². The predicted octanol–water partition coefficient (Wildman–Crippen LogP) is 7.25. The summed E-state index contributed by atoms with van der Waals surface area (Å²) in [5.41, 5.74) is -0.0723. The van der Waals surface area contributed by atoms with Gasteiger partial charge in [-0.15, -0.1) is 0 Å². The van der Waals surface area contributed by atoms with Crippen LogP contribution in [-0.4, -0.2) is 21.3 Å². The summed E-state index contributed by atoms with van der Waals surface area (Å²) in [6.07, 6.45) is 0. The number of hydrogen-bond donors (Lipinski definition) is 3. The third kappa shape index (κ3) is 2.80. The van der Waals surface area contributed by atoms with E-state index >= 15 is 0 Å². The van der Waals surface area contributed by atoms with E-state index in [9.17, 15) is 20.1 Å². The van der Waals surface area contributed by atoms with Gasteiger partial charge in [-0.1, -0.05) is 54.6 Å². The average Bonchev–Trinajstić information content (AvgIpc) is 2.89. The van der Waals surface area contributed by atoms with Crippen LogP contribution in [0.15, 0.2) is 78.9 Å². The van der Waals surface area contributed by atoms with E-state index in [-0.39, 0.29) is 32.9 Å². The maximum Gasteiger partial charge on any atom is 0.343 e. The Hall–Kier alpha value is -4.11. The third-order valence-corrected chi connectivity index (χ3v) is 7.47. The topological polar surface area (TPSA) is 87.0 Å². The van der Waals surface area contributed by atoms with Gasteiger partial charge < -0.3 is 20.1 Å². The molecule has 0 amide bonds. The summed E-state index contributed by atoms with van der Waals surface area (Å²) in [6, 6.07) is 25.1. The van der Waals surface area contributed by atoms with Crippen LogP contribution in [0.1, 0.15) is 10.4 Å². The van der Waals surface area contributed by atoms with Gasteiger partial charge in [-0.2, -0.15) is 0 Å². The molecule has 0 aromatic heterocycles. The van der Waals surface area contributed by atoms with Crippen LogP contribution in [0.3, 0.4) is 0 Å². The Balaban J connectivity index is 0.00000231. The van der Waals surface area contributed by atoms with E-state index in [2.05, 4.69) is 42.5 Å². The largest absolute Gasteiger partial charge is 0.504 e. The van der Waals surface area contributed by atoms with Crippen LogP contribution < -0.4 is 4.74 Å². The average molecular weight is 581 g/mol. The molecule has 3 N–H and O–H groups in total. The van der Waals surface area contributed by atoms with E-state index in [0.717, 1.165) is 55.2 Å². The molecule has 0 atom stereocenters. The van der Waals surface area contributed by atoms with Crippen LogP contribution in [0.4, 0.5) is 0 Å². The molecule has 0 bridgehead atoms. The van der Waals surface area contributed by atoms with Gasteiger partial charge in [0.1, 0.15) is 5.75 Å². The van der Waals surface area contributed by atoms with E-state index in [4.69, 9.17) is 4.74 Å². The molecule has 172 valence electrons. The third-order valence-electron chi connectivity index (χ3n) is 7.47. The fourth-order valence-corrected chi connectivity index (χ4v) is 5.92. The van der Waals surface area contributed by atoms with Crippen molar-refractivity contribution in [1.29, 1.82) is 0 Å². The van der Waals surface area contributed by atoms with Gasteiger partial charge in [0.15, 0.2) is 17.2 Å². The normalized spacial score (nSPS) is 12.0. The first-order chi connectivity index (χ1) is 17.5. The van der Waals surface area contributed by atoms with Crippen LogP contribution in [0.25, 0.3) is 64.6 Å². The van der Waals surface area contributed by atoms with Crippen LogP contribution in [-0.2, 0) is 27.3 Å². The van der Waals surface area contributed by atoms with Crippen molar-refractivity contribution in [2.45, 2.75) is 0 Å². The molecular weight excluding hydrogens is 565 g/mol. The van der Waals surface area contributed by atoms with Gasteiger partial charge in [0, 0.05) is 38.1 Å². The standard InChI is InChI=1S/C31H16O5.Cd/c32-21-11-19(12-22(33)30(21)34)31(35)36-23-13-18-8-7-16-4-2-14-1-3-15-5-6-17-9-10-20(23)29-27(17)25(15)24(14)26(16)28(18)29;/h1-13,32-34H;. The van der Waals surface area contributed by atoms with Crippen molar-refractivity contribution < 1.29 is 52.1 Å². The van der Waals surface area contributed by atoms with Crippen molar-refractivity contribution in [3.05, 3.63) is 84.4 Å². The fourth-order valence-electron chi connectivity index (χ4n) is 5.92. The van der Waals surface area contributed by atoms with Crippen LogP contribution in [0.2, 0.25) is 0 Å². The van der Waals surface area contributed by atoms with Gasteiger partial charge in [-0.3, -0.25) is 0 Å². The summed E-state index contributed by atoms with van der Waals surface area (Å²) >= 11 is 0. The smallest absolute Gasteiger partial charge is 0.343 e. The molecule has 8 aromatic rings. The summed E-state index contributed by atoms with van der Waals surface area (Å²) in [5, 5.41) is 42.8. The number of phenols is 3. The summed E-state index contributed by atoms with van der Waals surface area (Å²) < 4.78 is 5.86. The second kappa shape index (κ2) is 7.46. The monoisotopic (exact) mass is 582 g/mol. The van der Waals surface area contributed by atoms with Gasteiger partial charge in [-0.05, 0) is 78.1 Å². The second-order valence-electron chi connectivity index (χ2n) is 9.37. The quantitative estimate of drug-likeness (QED) is 0.0501. The molecule has 0 aliphatic heterocycles. The maximum absolute atomic E-state index is 13.1. The Kier molecular flexibility index (Phi) is 4.46. The Bertz CT molecular complexity index is 2100. The number of rotatable bonds is 2. The van der Waals surface area contributed by atoms with Crippen molar-refractivity contribution in [2.24, 2.45) is 0 Å². The van der Waals surface area contributed by atoms with E-state index in [1.54, 1.807) is 0 Å². The molecule has 0 spiro atoms. The zero-order valence-electron chi connectivity index (χ0n) is 19.4. The van der Waals surface area contributed by atoms with Crippen molar-refractivity contribution in [3.8, 4) is 23.0 Å². The number of aromatic hydroxyl groups is 3. The molecular formula is C31H16CdO5. The first-order valence-electron chi connectivity index (χ1n) is 11.6. The van der Waals surface area contributed by atoms with Crippen LogP contribution in [0, 0.1) is 0 Å². The van der Waals surface area contributed by atoms with Crippen molar-refractivity contribution >= 4 is 70.6 Å². The maximum atomic E-state index is 13.1. The molecule has 37 heavy (non-hydrogen) atoms. The Morgan fingerprint density at radius 3 is 1.46 bits per heavy atom. The van der Waals surface area contributed by atoms with Gasteiger partial charge in [0.05, 0.1) is 5.56 Å². The van der Waals surface area contributed by atoms with Gasteiger partial charge in [0.2, 0.25) is 0 Å². The van der Waals surface area contributed by atoms with E-state index < -0.39 is 23.2 Å². The predicted molar refractivity (Wildman–Crippen MR) is 141 cm³/mol. The number of ether oxygens (including phenoxy) is 1. The summed E-state index contributed by atoms with van der Waals surface area (Å²) in [7, 11) is 0. The number of carbonyl (C=O) groups is 1. The molecule has 0 saturated carbocycles. The molecule has 0 heterocycles. The molecule has 8 aromatic carbocycles. The zero-order valence-corrected chi connectivity index (χ0v) is 23.4. The molecule has 0 fully saturated rings. The van der Waals surface area contributed by atoms with Crippen molar-refractivity contribution in [1.82, 2.24) is 0 Å². The minimum absolute atomic E-state index is 0. The van der Waals surface area contributed by atoms with E-state index in [0.29, 0.717) is 5.75 Å². The van der Waals surface area contributed by atoms with Crippen LogP contribution in [0.5, 0.6) is 23.0 Å². The van der Waals surface area contributed by atoms with Gasteiger partial charge in [0.25, 0.3) is 0 Å². The number of carbonyl (C=O) groups excluding carboxylic acids is 1. The second-order valence-corrected chi connectivity index (χ2v) is 9.37. The molecule has 0 aliphatic carbocycles. The van der Waals surface area contributed by atoms with E-state index in [1.807, 2.05) is 24.3 Å². The zero-order chi connectivity index (χ0) is 24.3. The van der Waals surface area contributed by atoms with Crippen molar-refractivity contribution in [3.63, 3.8) is 0 Å². The number of hydrogen-bond acceptors (Lipinski definition) is 5. The van der Waals surface area contributed by atoms with Gasteiger partial charge in [-0.25, -0.2) is 4.79 Å². The van der Waals surface area contributed by atoms with Crippen LogP contribution >= 0.6 is 0 Å². The molecule has 8 rings (SSSR count). The summed E-state index contributed by atoms with van der Waals surface area (Å²) in [5.74, 6) is -2.24. The molecule has 6 heteroatoms. The molecule has 0 saturated heterocycles. The molecule has 0 unspecified atom stereocenters. The minimum atomic E-state index is -0.750.